The first kappa shape index (κ1) is 16.3. The van der Waals surface area contributed by atoms with Gasteiger partial charge in [0.05, 0.1) is 6.61 Å². The topological polar surface area (TPSA) is 38.3 Å². The molecule has 0 aliphatic heterocycles. The van der Waals surface area contributed by atoms with Crippen molar-refractivity contribution in [1.29, 1.82) is 0 Å². The number of nitrogens with one attached hydrogen (secondary N) is 1. The van der Waals surface area contributed by atoms with Crippen molar-refractivity contribution in [3.8, 4) is 0 Å². The van der Waals surface area contributed by atoms with Gasteiger partial charge in [0.25, 0.3) is 0 Å². The average Bonchev–Trinajstić information content (AvgIpc) is 2.98. The fourth-order valence-electron chi connectivity index (χ4n) is 3.14. The fourth-order valence-corrected chi connectivity index (χ4v) is 3.33. The maximum Gasteiger partial charge on any atom is 0.330 e. The van der Waals surface area contributed by atoms with E-state index in [1.54, 1.807) is 0 Å². The Hall–Kier alpha value is -1.06. The second-order valence-electron chi connectivity index (χ2n) is 5.62. The smallest absolute Gasteiger partial charge is 0.330 e. The van der Waals surface area contributed by atoms with Gasteiger partial charge in [-0.2, -0.15) is 0 Å². The molecule has 116 valence electrons. The molecular weight excluding hydrogens is 286 g/mol. The number of hydrogen-bond acceptors (Lipinski definition) is 3. The van der Waals surface area contributed by atoms with Gasteiger partial charge in [0.1, 0.15) is 5.54 Å². The summed E-state index contributed by atoms with van der Waals surface area (Å²) >= 11 is 6.13. The molecule has 2 rings (SSSR count). The van der Waals surface area contributed by atoms with Crippen LogP contribution in [0.2, 0.25) is 5.02 Å². The van der Waals surface area contributed by atoms with Crippen LogP contribution in [-0.2, 0) is 15.1 Å². The number of esters is 1. The van der Waals surface area contributed by atoms with Crippen molar-refractivity contribution >= 4 is 17.6 Å². The van der Waals surface area contributed by atoms with Crippen LogP contribution in [0.5, 0.6) is 0 Å². The highest BCUT2D eigenvalue weighted by Gasteiger charge is 2.42. The summed E-state index contributed by atoms with van der Waals surface area (Å²) in [6, 6.07) is 7.90. The highest BCUT2D eigenvalue weighted by atomic mass is 35.5. The third kappa shape index (κ3) is 3.58. The number of halogens is 1. The number of carbonyl (C=O) groups is 1. The molecule has 1 aliphatic rings. The van der Waals surface area contributed by atoms with E-state index in [2.05, 4.69) is 5.32 Å². The Kier molecular flexibility index (Phi) is 5.65. The summed E-state index contributed by atoms with van der Waals surface area (Å²) in [7, 11) is 0. The van der Waals surface area contributed by atoms with Gasteiger partial charge in [-0.3, -0.25) is 5.32 Å². The highest BCUT2D eigenvalue weighted by molar-refractivity contribution is 6.30. The van der Waals surface area contributed by atoms with Gasteiger partial charge < -0.3 is 4.74 Å². The van der Waals surface area contributed by atoms with E-state index in [1.165, 1.54) is 12.8 Å². The molecule has 4 heteroatoms. The van der Waals surface area contributed by atoms with E-state index < -0.39 is 5.54 Å². The van der Waals surface area contributed by atoms with Crippen LogP contribution in [0, 0.1) is 0 Å². The van der Waals surface area contributed by atoms with Gasteiger partial charge in [-0.1, -0.05) is 43.5 Å². The molecule has 1 aliphatic carbocycles. The molecule has 1 aromatic carbocycles. The van der Waals surface area contributed by atoms with Crippen LogP contribution in [0.1, 0.15) is 51.5 Å². The molecule has 0 heterocycles. The van der Waals surface area contributed by atoms with Crippen molar-refractivity contribution in [3.05, 3.63) is 34.9 Å². The van der Waals surface area contributed by atoms with E-state index in [0.29, 0.717) is 24.1 Å². The van der Waals surface area contributed by atoms with Gasteiger partial charge in [0, 0.05) is 11.1 Å². The SMILES string of the molecule is CCOC(=O)C(CC)(NC1CCCC1)c1cccc(Cl)c1. The molecular formula is C17H24ClNO2. The maximum absolute atomic E-state index is 12.7. The minimum atomic E-state index is -0.796. The normalized spacial score (nSPS) is 18.4. The molecule has 0 saturated heterocycles. The summed E-state index contributed by atoms with van der Waals surface area (Å²) in [6.45, 7) is 4.24. The van der Waals surface area contributed by atoms with Crippen LogP contribution in [0.4, 0.5) is 0 Å². The first-order valence-electron chi connectivity index (χ1n) is 7.83. The zero-order valence-electron chi connectivity index (χ0n) is 12.8. The zero-order valence-corrected chi connectivity index (χ0v) is 13.6. The minimum absolute atomic E-state index is 0.207. The third-order valence-corrected chi connectivity index (χ3v) is 4.51. The molecule has 1 atom stereocenters. The highest BCUT2D eigenvalue weighted by Crippen LogP contribution is 2.32. The lowest BCUT2D eigenvalue weighted by Gasteiger charge is -2.35. The monoisotopic (exact) mass is 309 g/mol. The molecule has 0 radical (unpaired) electrons. The van der Waals surface area contributed by atoms with E-state index in [0.717, 1.165) is 18.4 Å². The van der Waals surface area contributed by atoms with Crippen LogP contribution in [0.25, 0.3) is 0 Å². The minimum Gasteiger partial charge on any atom is -0.464 e. The molecule has 0 amide bonds. The molecule has 1 saturated carbocycles. The number of ether oxygens (including phenoxy) is 1. The largest absolute Gasteiger partial charge is 0.464 e. The lowest BCUT2D eigenvalue weighted by Crippen LogP contribution is -2.53. The lowest BCUT2D eigenvalue weighted by atomic mass is 9.86. The average molecular weight is 310 g/mol. The molecule has 0 spiro atoms. The van der Waals surface area contributed by atoms with Crippen LogP contribution in [0.3, 0.4) is 0 Å². The summed E-state index contributed by atoms with van der Waals surface area (Å²) in [6.07, 6.45) is 5.30. The Morgan fingerprint density at radius 3 is 2.67 bits per heavy atom. The molecule has 0 bridgehead atoms. The van der Waals surface area contributed by atoms with Gasteiger partial charge >= 0.3 is 5.97 Å². The van der Waals surface area contributed by atoms with Crippen molar-refractivity contribution in [2.75, 3.05) is 6.61 Å². The number of carbonyl (C=O) groups excluding carboxylic acids is 1. The summed E-state index contributed by atoms with van der Waals surface area (Å²) < 4.78 is 5.36. The molecule has 1 aromatic rings. The molecule has 21 heavy (non-hydrogen) atoms. The Labute approximate surface area is 132 Å². The molecule has 0 aromatic heterocycles. The maximum atomic E-state index is 12.7. The first-order chi connectivity index (χ1) is 10.1. The van der Waals surface area contributed by atoms with Crippen molar-refractivity contribution in [2.45, 2.75) is 57.5 Å². The van der Waals surface area contributed by atoms with Crippen LogP contribution < -0.4 is 5.32 Å². The lowest BCUT2D eigenvalue weighted by molar-refractivity contribution is -0.152. The van der Waals surface area contributed by atoms with E-state index in [1.807, 2.05) is 38.1 Å². The summed E-state index contributed by atoms with van der Waals surface area (Å²) in [5.41, 5.74) is 0.0958. The van der Waals surface area contributed by atoms with Gasteiger partial charge in [-0.25, -0.2) is 4.79 Å². The second kappa shape index (κ2) is 7.28. The Morgan fingerprint density at radius 1 is 1.38 bits per heavy atom. The van der Waals surface area contributed by atoms with Crippen LogP contribution in [0.15, 0.2) is 24.3 Å². The third-order valence-electron chi connectivity index (χ3n) is 4.28. The van der Waals surface area contributed by atoms with Crippen molar-refractivity contribution in [2.24, 2.45) is 0 Å². The molecule has 1 unspecified atom stereocenters. The molecule has 1 N–H and O–H groups in total. The van der Waals surface area contributed by atoms with Crippen LogP contribution >= 0.6 is 11.6 Å². The number of benzene rings is 1. The van der Waals surface area contributed by atoms with Crippen molar-refractivity contribution in [3.63, 3.8) is 0 Å². The summed E-state index contributed by atoms with van der Waals surface area (Å²) in [5.74, 6) is -0.207. The zero-order chi connectivity index (χ0) is 15.3. The Morgan fingerprint density at radius 2 is 2.10 bits per heavy atom. The predicted molar refractivity (Wildman–Crippen MR) is 85.4 cm³/mol. The van der Waals surface area contributed by atoms with Gasteiger partial charge in [-0.05, 0) is 43.9 Å². The standard InChI is InChI=1S/C17H24ClNO2/c1-3-17(16(20)21-4-2,19-15-10-5-6-11-15)13-8-7-9-14(18)12-13/h7-9,12,15,19H,3-6,10-11H2,1-2H3. The quantitative estimate of drug-likeness (QED) is 0.806. The van der Waals surface area contributed by atoms with E-state index in [9.17, 15) is 4.79 Å². The van der Waals surface area contributed by atoms with E-state index in [4.69, 9.17) is 16.3 Å². The van der Waals surface area contributed by atoms with Crippen LogP contribution in [-0.4, -0.2) is 18.6 Å². The molecule has 3 nitrogen and oxygen atoms in total. The summed E-state index contributed by atoms with van der Waals surface area (Å²) in [4.78, 5) is 12.7. The second-order valence-corrected chi connectivity index (χ2v) is 6.05. The van der Waals surface area contributed by atoms with E-state index >= 15 is 0 Å². The predicted octanol–water partition coefficient (Wildman–Crippen LogP) is 4.04. The number of hydrogen-bond donors (Lipinski definition) is 1. The Bertz CT molecular complexity index is 485. The van der Waals surface area contributed by atoms with Crippen molar-refractivity contribution < 1.29 is 9.53 Å². The molecule has 1 fully saturated rings. The van der Waals surface area contributed by atoms with E-state index in [-0.39, 0.29) is 5.97 Å². The van der Waals surface area contributed by atoms with Gasteiger partial charge in [0.2, 0.25) is 0 Å². The van der Waals surface area contributed by atoms with Crippen molar-refractivity contribution in [1.82, 2.24) is 5.32 Å². The first-order valence-corrected chi connectivity index (χ1v) is 8.21. The fraction of sp³-hybridized carbons (Fsp3) is 0.588. The summed E-state index contributed by atoms with van der Waals surface area (Å²) in [5, 5.41) is 4.22. The van der Waals surface area contributed by atoms with Gasteiger partial charge in [-0.15, -0.1) is 0 Å². The Balaban J connectivity index is 2.37. The van der Waals surface area contributed by atoms with Gasteiger partial charge in [0.15, 0.2) is 0 Å². The number of rotatable bonds is 6.